The Kier molecular flexibility index (Phi) is 6.94. The van der Waals surface area contributed by atoms with Crippen molar-refractivity contribution in [2.45, 2.75) is 55.5 Å². The van der Waals surface area contributed by atoms with Gasteiger partial charge in [0.05, 0.1) is 5.92 Å². The van der Waals surface area contributed by atoms with Crippen LogP contribution in [-0.4, -0.2) is 36.7 Å². The van der Waals surface area contributed by atoms with Gasteiger partial charge in [-0.05, 0) is 68.0 Å². The first-order valence-corrected chi connectivity index (χ1v) is 11.3. The lowest BCUT2D eigenvalue weighted by Crippen LogP contribution is -2.54. The molecule has 2 saturated carbocycles. The normalized spacial score (nSPS) is 32.0. The van der Waals surface area contributed by atoms with Crippen LogP contribution in [0.15, 0.2) is 29.2 Å². The topological polar surface area (TPSA) is 75.4 Å². The van der Waals surface area contributed by atoms with Crippen LogP contribution in [0.3, 0.4) is 0 Å². The highest BCUT2D eigenvalue weighted by Gasteiger charge is 2.42. The van der Waals surface area contributed by atoms with E-state index in [1.54, 1.807) is 16.7 Å². The number of benzene rings is 1. The maximum atomic E-state index is 12.9. The number of amides is 2. The van der Waals surface area contributed by atoms with E-state index in [1.165, 1.54) is 11.3 Å². The summed E-state index contributed by atoms with van der Waals surface area (Å²) in [6.07, 6.45) is 7.93. The van der Waals surface area contributed by atoms with Gasteiger partial charge >= 0.3 is 0 Å². The summed E-state index contributed by atoms with van der Waals surface area (Å²) < 4.78 is 0. The lowest BCUT2D eigenvalue weighted by Gasteiger charge is -2.45. The molecule has 3 unspecified atom stereocenters. The zero-order valence-electron chi connectivity index (χ0n) is 16.3. The van der Waals surface area contributed by atoms with E-state index < -0.39 is 0 Å². The molecule has 3 N–H and O–H groups in total. The maximum absolute atomic E-state index is 12.9. The van der Waals surface area contributed by atoms with Gasteiger partial charge in [0.25, 0.3) is 0 Å². The van der Waals surface area contributed by atoms with Gasteiger partial charge in [0.1, 0.15) is 0 Å². The number of carbonyl (C=O) groups excluding carboxylic acids is 2. The Morgan fingerprint density at radius 1 is 1.18 bits per heavy atom. The van der Waals surface area contributed by atoms with Crippen LogP contribution < -0.4 is 16.0 Å². The van der Waals surface area contributed by atoms with Crippen LogP contribution in [0.1, 0.15) is 38.5 Å². The second-order valence-electron chi connectivity index (χ2n) is 8.32. The third-order valence-electron chi connectivity index (χ3n) is 6.57. The van der Waals surface area contributed by atoms with Gasteiger partial charge in [0, 0.05) is 35.6 Å². The minimum atomic E-state index is -0.256. The SMILES string of the molecule is CSc1ccc(N2CC(C(=O)NC3C4CCCC3CC(N)C4)CC2=O)cc1.Cl. The van der Waals surface area contributed by atoms with Crippen LogP contribution in [0, 0.1) is 17.8 Å². The highest BCUT2D eigenvalue weighted by molar-refractivity contribution is 7.98. The van der Waals surface area contributed by atoms with Gasteiger partial charge in [-0.25, -0.2) is 0 Å². The molecule has 28 heavy (non-hydrogen) atoms. The van der Waals surface area contributed by atoms with Gasteiger partial charge < -0.3 is 16.0 Å². The van der Waals surface area contributed by atoms with E-state index in [0.717, 1.165) is 31.4 Å². The van der Waals surface area contributed by atoms with Crippen molar-refractivity contribution in [1.82, 2.24) is 5.32 Å². The van der Waals surface area contributed by atoms with Gasteiger partial charge in [-0.3, -0.25) is 9.59 Å². The van der Waals surface area contributed by atoms with Gasteiger partial charge in [0.15, 0.2) is 0 Å². The first-order valence-electron chi connectivity index (χ1n) is 10.1. The summed E-state index contributed by atoms with van der Waals surface area (Å²) in [4.78, 5) is 28.3. The molecule has 3 fully saturated rings. The molecule has 4 rings (SSSR count). The Balaban J connectivity index is 0.00000225. The molecule has 154 valence electrons. The zero-order valence-corrected chi connectivity index (χ0v) is 17.9. The molecule has 3 aliphatic rings. The number of halogens is 1. The predicted octanol–water partition coefficient (Wildman–Crippen LogP) is 3.21. The molecule has 0 aromatic heterocycles. The van der Waals surface area contributed by atoms with Crippen LogP contribution >= 0.6 is 24.2 Å². The first-order chi connectivity index (χ1) is 13.0. The van der Waals surface area contributed by atoms with Gasteiger partial charge in [-0.1, -0.05) is 6.42 Å². The van der Waals surface area contributed by atoms with Crippen molar-refractivity contribution in [1.29, 1.82) is 0 Å². The minimum absolute atomic E-state index is 0. The standard InChI is InChI=1S/C21H29N3O2S.ClH/c1-27-18-7-5-17(6-8-18)24-12-15(11-19(24)25)21(26)23-20-13-3-2-4-14(20)10-16(22)9-13;/h5-8,13-16,20H,2-4,9-12,22H2,1H3,(H,23,26);1H. The van der Waals surface area contributed by atoms with E-state index in [-0.39, 0.29) is 42.2 Å². The summed E-state index contributed by atoms with van der Waals surface area (Å²) in [5, 5.41) is 3.32. The molecule has 2 bridgehead atoms. The first kappa shape index (κ1) is 21.5. The van der Waals surface area contributed by atoms with Crippen LogP contribution in [0.25, 0.3) is 0 Å². The average Bonchev–Trinajstić information content (AvgIpc) is 3.04. The molecule has 7 heteroatoms. The molecule has 1 aliphatic heterocycles. The fraction of sp³-hybridized carbons (Fsp3) is 0.619. The molecule has 1 aromatic rings. The summed E-state index contributed by atoms with van der Waals surface area (Å²) in [5.41, 5.74) is 7.08. The lowest BCUT2D eigenvalue weighted by atomic mass is 9.67. The van der Waals surface area contributed by atoms with Gasteiger partial charge in [0.2, 0.25) is 11.8 Å². The van der Waals surface area contributed by atoms with E-state index in [1.807, 2.05) is 30.5 Å². The molecule has 2 amide bonds. The van der Waals surface area contributed by atoms with Crippen molar-refractivity contribution < 1.29 is 9.59 Å². The van der Waals surface area contributed by atoms with E-state index in [0.29, 0.717) is 24.8 Å². The summed E-state index contributed by atoms with van der Waals surface area (Å²) in [5.74, 6) is 0.836. The number of fused-ring (bicyclic) bond motifs is 2. The Morgan fingerprint density at radius 3 is 2.43 bits per heavy atom. The van der Waals surface area contributed by atoms with Crippen LogP contribution in [-0.2, 0) is 9.59 Å². The zero-order chi connectivity index (χ0) is 19.0. The maximum Gasteiger partial charge on any atom is 0.227 e. The highest BCUT2D eigenvalue weighted by Crippen LogP contribution is 2.40. The summed E-state index contributed by atoms with van der Waals surface area (Å²) in [6, 6.07) is 8.51. The third kappa shape index (κ3) is 4.34. The van der Waals surface area contributed by atoms with Gasteiger partial charge in [-0.15, -0.1) is 24.2 Å². The van der Waals surface area contributed by atoms with Crippen molar-refractivity contribution in [2.75, 3.05) is 17.7 Å². The number of hydrogen-bond acceptors (Lipinski definition) is 4. The molecule has 1 heterocycles. The Bertz CT molecular complexity index is 700. The molecular weight excluding hydrogens is 394 g/mol. The Hall–Kier alpha value is -1.24. The van der Waals surface area contributed by atoms with Crippen molar-refractivity contribution in [2.24, 2.45) is 23.5 Å². The largest absolute Gasteiger partial charge is 0.353 e. The summed E-state index contributed by atoms with van der Waals surface area (Å²) >= 11 is 1.68. The monoisotopic (exact) mass is 423 g/mol. The van der Waals surface area contributed by atoms with E-state index in [4.69, 9.17) is 5.73 Å². The Labute approximate surface area is 177 Å². The summed E-state index contributed by atoms with van der Waals surface area (Å²) in [7, 11) is 0. The van der Waals surface area contributed by atoms with Crippen LogP contribution in [0.4, 0.5) is 5.69 Å². The van der Waals surface area contributed by atoms with Crippen molar-refractivity contribution >= 4 is 41.7 Å². The van der Waals surface area contributed by atoms with Crippen LogP contribution in [0.5, 0.6) is 0 Å². The highest BCUT2D eigenvalue weighted by atomic mass is 35.5. The van der Waals surface area contributed by atoms with Gasteiger partial charge in [-0.2, -0.15) is 0 Å². The number of nitrogens with zero attached hydrogens (tertiary/aromatic N) is 1. The molecule has 3 atom stereocenters. The molecule has 0 radical (unpaired) electrons. The average molecular weight is 424 g/mol. The molecule has 5 nitrogen and oxygen atoms in total. The van der Waals surface area contributed by atoms with E-state index >= 15 is 0 Å². The van der Waals surface area contributed by atoms with Crippen LogP contribution in [0.2, 0.25) is 0 Å². The quantitative estimate of drug-likeness (QED) is 0.729. The van der Waals surface area contributed by atoms with Crippen molar-refractivity contribution in [3.8, 4) is 0 Å². The fourth-order valence-corrected chi connectivity index (χ4v) is 5.61. The number of nitrogens with two attached hydrogens (primary N) is 1. The smallest absolute Gasteiger partial charge is 0.227 e. The number of rotatable bonds is 4. The molecular formula is C21H30ClN3O2S. The number of anilines is 1. The summed E-state index contributed by atoms with van der Waals surface area (Å²) in [6.45, 7) is 0.477. The third-order valence-corrected chi connectivity index (χ3v) is 7.31. The van der Waals surface area contributed by atoms with E-state index in [2.05, 4.69) is 5.32 Å². The number of hydrogen-bond donors (Lipinski definition) is 2. The second-order valence-corrected chi connectivity index (χ2v) is 9.20. The van der Waals surface area contributed by atoms with E-state index in [9.17, 15) is 9.59 Å². The predicted molar refractivity (Wildman–Crippen MR) is 116 cm³/mol. The second kappa shape index (κ2) is 9.06. The molecule has 1 saturated heterocycles. The number of carbonyl (C=O) groups is 2. The fourth-order valence-electron chi connectivity index (χ4n) is 5.20. The number of nitrogens with one attached hydrogen (secondary N) is 1. The van der Waals surface area contributed by atoms with Crippen molar-refractivity contribution in [3.05, 3.63) is 24.3 Å². The molecule has 0 spiro atoms. The number of thioether (sulfide) groups is 1. The Morgan fingerprint density at radius 2 is 1.82 bits per heavy atom. The molecule has 2 aliphatic carbocycles. The minimum Gasteiger partial charge on any atom is -0.353 e. The van der Waals surface area contributed by atoms with Crippen molar-refractivity contribution in [3.63, 3.8) is 0 Å². The lowest BCUT2D eigenvalue weighted by molar-refractivity contribution is -0.128. The molecule has 1 aromatic carbocycles.